The Morgan fingerprint density at radius 2 is 2.16 bits per heavy atom. The van der Waals surface area contributed by atoms with E-state index in [1.54, 1.807) is 0 Å². The van der Waals surface area contributed by atoms with Crippen molar-refractivity contribution in [1.82, 2.24) is 14.9 Å². The Morgan fingerprint density at radius 3 is 2.84 bits per heavy atom. The molecule has 1 aromatic heterocycles. The fourth-order valence-corrected chi connectivity index (χ4v) is 3.65. The molecule has 1 heterocycles. The van der Waals surface area contributed by atoms with Gasteiger partial charge in [0.1, 0.15) is 0 Å². The van der Waals surface area contributed by atoms with E-state index in [9.17, 15) is 0 Å². The van der Waals surface area contributed by atoms with Crippen molar-refractivity contribution in [3.63, 3.8) is 0 Å². The third-order valence-corrected chi connectivity index (χ3v) is 4.22. The molecule has 1 saturated carbocycles. The molecule has 0 radical (unpaired) electrons. The SMILES string of the molecule is CC1CC(NCCCCn2ccnc2)CC(C)(C)C1. The van der Waals surface area contributed by atoms with Crippen LogP contribution in [0.25, 0.3) is 0 Å². The van der Waals surface area contributed by atoms with Gasteiger partial charge in [-0.1, -0.05) is 20.8 Å². The number of hydrogen-bond acceptors (Lipinski definition) is 2. The van der Waals surface area contributed by atoms with Crippen molar-refractivity contribution in [1.29, 1.82) is 0 Å². The molecule has 19 heavy (non-hydrogen) atoms. The van der Waals surface area contributed by atoms with Crippen molar-refractivity contribution in [2.45, 2.75) is 65.5 Å². The van der Waals surface area contributed by atoms with Crippen LogP contribution in [-0.4, -0.2) is 22.1 Å². The second kappa shape index (κ2) is 6.56. The molecular weight excluding hydrogens is 234 g/mol. The summed E-state index contributed by atoms with van der Waals surface area (Å²) in [5.74, 6) is 0.868. The number of imidazole rings is 1. The number of rotatable bonds is 6. The molecule has 0 saturated heterocycles. The minimum absolute atomic E-state index is 0.520. The van der Waals surface area contributed by atoms with Gasteiger partial charge in [0.05, 0.1) is 6.33 Å². The lowest BCUT2D eigenvalue weighted by Gasteiger charge is -2.39. The summed E-state index contributed by atoms with van der Waals surface area (Å²) >= 11 is 0. The summed E-state index contributed by atoms with van der Waals surface area (Å²) < 4.78 is 2.16. The smallest absolute Gasteiger partial charge is 0.0945 e. The molecule has 3 heteroatoms. The summed E-state index contributed by atoms with van der Waals surface area (Å²) in [5.41, 5.74) is 0.520. The molecule has 0 amide bonds. The Balaban J connectivity index is 1.60. The molecular formula is C16H29N3. The first-order chi connectivity index (χ1) is 9.05. The van der Waals surface area contributed by atoms with Crippen LogP contribution in [0.4, 0.5) is 0 Å². The topological polar surface area (TPSA) is 29.9 Å². The van der Waals surface area contributed by atoms with Gasteiger partial charge >= 0.3 is 0 Å². The molecule has 1 fully saturated rings. The Labute approximate surface area is 117 Å². The standard InChI is InChI=1S/C16H29N3/c1-14-10-15(12-16(2,3)11-14)18-6-4-5-8-19-9-7-17-13-19/h7,9,13-15,18H,4-6,8,10-12H2,1-3H3. The summed E-state index contributed by atoms with van der Waals surface area (Å²) in [6.45, 7) is 9.47. The average molecular weight is 263 g/mol. The molecule has 2 atom stereocenters. The van der Waals surface area contributed by atoms with Gasteiger partial charge in [0.15, 0.2) is 0 Å². The van der Waals surface area contributed by atoms with Crippen molar-refractivity contribution >= 4 is 0 Å². The Morgan fingerprint density at radius 1 is 1.32 bits per heavy atom. The van der Waals surface area contributed by atoms with Gasteiger partial charge in [-0.2, -0.15) is 0 Å². The summed E-state index contributed by atoms with van der Waals surface area (Å²) in [6, 6.07) is 0.729. The van der Waals surface area contributed by atoms with Gasteiger partial charge in [0.25, 0.3) is 0 Å². The maximum absolute atomic E-state index is 4.07. The van der Waals surface area contributed by atoms with Crippen molar-refractivity contribution in [3.8, 4) is 0 Å². The van der Waals surface area contributed by atoms with Crippen LogP contribution in [0.1, 0.15) is 52.9 Å². The zero-order chi connectivity index (χ0) is 13.7. The van der Waals surface area contributed by atoms with E-state index in [-0.39, 0.29) is 0 Å². The lowest BCUT2D eigenvalue weighted by molar-refractivity contribution is 0.151. The number of aryl methyl sites for hydroxylation is 1. The van der Waals surface area contributed by atoms with Crippen LogP contribution in [0, 0.1) is 11.3 Å². The minimum atomic E-state index is 0.520. The van der Waals surface area contributed by atoms with Crippen LogP contribution >= 0.6 is 0 Å². The van der Waals surface area contributed by atoms with E-state index in [2.05, 4.69) is 35.6 Å². The first-order valence-electron chi connectivity index (χ1n) is 7.74. The van der Waals surface area contributed by atoms with Crippen LogP contribution in [-0.2, 0) is 6.54 Å². The summed E-state index contributed by atoms with van der Waals surface area (Å²) in [7, 11) is 0. The van der Waals surface area contributed by atoms with Crippen molar-refractivity contribution < 1.29 is 0 Å². The third kappa shape index (κ3) is 4.98. The van der Waals surface area contributed by atoms with E-state index in [0.29, 0.717) is 5.41 Å². The molecule has 2 rings (SSSR count). The van der Waals surface area contributed by atoms with Gasteiger partial charge in [0, 0.05) is 25.0 Å². The monoisotopic (exact) mass is 263 g/mol. The Hall–Kier alpha value is -0.830. The zero-order valence-corrected chi connectivity index (χ0v) is 12.7. The average Bonchev–Trinajstić information content (AvgIpc) is 2.78. The fraction of sp³-hybridized carbons (Fsp3) is 0.812. The number of unbranched alkanes of at least 4 members (excludes halogenated alkanes) is 1. The van der Waals surface area contributed by atoms with Gasteiger partial charge in [-0.15, -0.1) is 0 Å². The minimum Gasteiger partial charge on any atom is -0.337 e. The second-order valence-corrected chi connectivity index (χ2v) is 7.07. The molecule has 2 unspecified atom stereocenters. The summed E-state index contributed by atoms with van der Waals surface area (Å²) in [4.78, 5) is 4.07. The molecule has 0 bridgehead atoms. The van der Waals surface area contributed by atoms with Crippen LogP contribution < -0.4 is 5.32 Å². The molecule has 0 spiro atoms. The van der Waals surface area contributed by atoms with E-state index in [1.807, 2.05) is 18.7 Å². The van der Waals surface area contributed by atoms with Crippen LogP contribution in [0.2, 0.25) is 0 Å². The van der Waals surface area contributed by atoms with Crippen molar-refractivity contribution in [2.24, 2.45) is 11.3 Å². The molecule has 108 valence electrons. The van der Waals surface area contributed by atoms with Gasteiger partial charge in [-0.3, -0.25) is 0 Å². The molecule has 3 nitrogen and oxygen atoms in total. The van der Waals surface area contributed by atoms with Gasteiger partial charge < -0.3 is 9.88 Å². The highest BCUT2D eigenvalue weighted by Gasteiger charge is 2.31. The Kier molecular flexibility index (Phi) is 5.03. The van der Waals surface area contributed by atoms with Gasteiger partial charge in [0.2, 0.25) is 0 Å². The molecule has 0 aromatic carbocycles. The van der Waals surface area contributed by atoms with Crippen molar-refractivity contribution in [2.75, 3.05) is 6.54 Å². The third-order valence-electron chi connectivity index (χ3n) is 4.22. The number of hydrogen-bond donors (Lipinski definition) is 1. The highest BCUT2D eigenvalue weighted by Crippen LogP contribution is 2.38. The molecule has 1 aromatic rings. The highest BCUT2D eigenvalue weighted by molar-refractivity contribution is 4.86. The van der Waals surface area contributed by atoms with Gasteiger partial charge in [-0.05, 0) is 50.0 Å². The lowest BCUT2D eigenvalue weighted by Crippen LogP contribution is -2.40. The predicted molar refractivity (Wildman–Crippen MR) is 80.0 cm³/mol. The maximum Gasteiger partial charge on any atom is 0.0945 e. The van der Waals surface area contributed by atoms with E-state index in [1.165, 1.54) is 32.1 Å². The first kappa shape index (κ1) is 14.6. The predicted octanol–water partition coefficient (Wildman–Crippen LogP) is 3.47. The highest BCUT2D eigenvalue weighted by atomic mass is 15.0. The Bertz CT molecular complexity index is 356. The summed E-state index contributed by atoms with van der Waals surface area (Å²) in [6.07, 6.45) is 12.3. The van der Waals surface area contributed by atoms with E-state index < -0.39 is 0 Å². The van der Waals surface area contributed by atoms with Crippen LogP contribution in [0.3, 0.4) is 0 Å². The number of nitrogens with one attached hydrogen (secondary N) is 1. The zero-order valence-electron chi connectivity index (χ0n) is 12.7. The molecule has 1 aliphatic rings. The fourth-order valence-electron chi connectivity index (χ4n) is 3.65. The van der Waals surface area contributed by atoms with Crippen LogP contribution in [0.15, 0.2) is 18.7 Å². The first-order valence-corrected chi connectivity index (χ1v) is 7.74. The number of nitrogens with zero attached hydrogens (tertiary/aromatic N) is 2. The van der Waals surface area contributed by atoms with Gasteiger partial charge in [-0.25, -0.2) is 4.98 Å². The van der Waals surface area contributed by atoms with Crippen molar-refractivity contribution in [3.05, 3.63) is 18.7 Å². The normalized spacial score (nSPS) is 26.5. The second-order valence-electron chi connectivity index (χ2n) is 7.07. The largest absolute Gasteiger partial charge is 0.337 e. The van der Waals surface area contributed by atoms with E-state index >= 15 is 0 Å². The lowest BCUT2D eigenvalue weighted by atomic mass is 9.70. The van der Waals surface area contributed by atoms with E-state index in [4.69, 9.17) is 0 Å². The quantitative estimate of drug-likeness (QED) is 0.797. The number of aromatic nitrogens is 2. The molecule has 1 aliphatic carbocycles. The molecule has 1 N–H and O–H groups in total. The molecule has 0 aliphatic heterocycles. The van der Waals surface area contributed by atoms with Crippen LogP contribution in [0.5, 0.6) is 0 Å². The summed E-state index contributed by atoms with van der Waals surface area (Å²) in [5, 5.41) is 3.76. The maximum atomic E-state index is 4.07. The van der Waals surface area contributed by atoms with E-state index in [0.717, 1.165) is 25.0 Å².